The molecular weight excluding hydrogens is 242 g/mol. The number of benzene rings is 1. The zero-order chi connectivity index (χ0) is 13.5. The van der Waals surface area contributed by atoms with Gasteiger partial charge in [0.15, 0.2) is 0 Å². The molecule has 5 nitrogen and oxygen atoms in total. The molecular formula is C11H20NO4S+. The SMILES string of the molecule is COS(=O)(=O)Oc1ccccc1.C[N+](C)(C)C. The van der Waals surface area contributed by atoms with E-state index < -0.39 is 10.4 Å². The minimum atomic E-state index is -3.87. The fraction of sp³-hybridized carbons (Fsp3) is 0.455. The molecule has 1 aromatic rings. The van der Waals surface area contributed by atoms with Gasteiger partial charge in [0.1, 0.15) is 5.75 Å². The summed E-state index contributed by atoms with van der Waals surface area (Å²) >= 11 is 0. The largest absolute Gasteiger partial charge is 0.448 e. The second-order valence-electron chi connectivity index (χ2n) is 4.65. The Bertz CT molecular complexity index is 403. The normalized spacial score (nSPS) is 11.4. The van der Waals surface area contributed by atoms with Gasteiger partial charge in [-0.15, -0.1) is 0 Å². The first kappa shape index (κ1) is 15.9. The molecule has 0 radical (unpaired) electrons. The number of nitrogens with zero attached hydrogens (tertiary/aromatic N) is 1. The molecule has 0 amide bonds. The highest BCUT2D eigenvalue weighted by atomic mass is 32.3. The Morgan fingerprint density at radius 3 is 1.76 bits per heavy atom. The van der Waals surface area contributed by atoms with Crippen molar-refractivity contribution in [2.24, 2.45) is 0 Å². The van der Waals surface area contributed by atoms with Crippen molar-refractivity contribution in [1.29, 1.82) is 0 Å². The Kier molecular flexibility index (Phi) is 6.15. The van der Waals surface area contributed by atoms with E-state index in [0.717, 1.165) is 11.6 Å². The van der Waals surface area contributed by atoms with Crippen molar-refractivity contribution >= 4 is 10.4 Å². The predicted molar refractivity (Wildman–Crippen MR) is 67.0 cm³/mol. The van der Waals surface area contributed by atoms with Gasteiger partial charge in [0.25, 0.3) is 0 Å². The first-order chi connectivity index (χ1) is 7.64. The van der Waals surface area contributed by atoms with Gasteiger partial charge in [-0.1, -0.05) is 18.2 Å². The highest BCUT2D eigenvalue weighted by Crippen LogP contribution is 2.11. The van der Waals surface area contributed by atoms with E-state index in [1.807, 2.05) is 0 Å². The van der Waals surface area contributed by atoms with E-state index in [2.05, 4.69) is 36.6 Å². The van der Waals surface area contributed by atoms with Gasteiger partial charge in [0, 0.05) is 0 Å². The molecule has 0 aliphatic carbocycles. The summed E-state index contributed by atoms with van der Waals surface area (Å²) in [4.78, 5) is 0. The van der Waals surface area contributed by atoms with Gasteiger partial charge in [-0.2, -0.15) is 8.42 Å². The first-order valence-electron chi connectivity index (χ1n) is 4.98. The number of quaternary nitrogens is 1. The molecule has 1 aromatic carbocycles. The maximum atomic E-state index is 10.7. The molecule has 0 heterocycles. The van der Waals surface area contributed by atoms with Crippen molar-refractivity contribution < 1.29 is 21.3 Å². The van der Waals surface area contributed by atoms with E-state index in [1.165, 1.54) is 12.1 Å². The molecule has 0 unspecified atom stereocenters. The van der Waals surface area contributed by atoms with Gasteiger partial charge >= 0.3 is 10.4 Å². The van der Waals surface area contributed by atoms with E-state index in [4.69, 9.17) is 0 Å². The first-order valence-corrected chi connectivity index (χ1v) is 6.31. The van der Waals surface area contributed by atoms with Crippen molar-refractivity contribution in [2.45, 2.75) is 0 Å². The van der Waals surface area contributed by atoms with E-state index in [9.17, 15) is 8.42 Å². The van der Waals surface area contributed by atoms with Crippen molar-refractivity contribution in [1.82, 2.24) is 0 Å². The highest BCUT2D eigenvalue weighted by Gasteiger charge is 2.09. The van der Waals surface area contributed by atoms with Crippen LogP contribution in [0.2, 0.25) is 0 Å². The summed E-state index contributed by atoms with van der Waals surface area (Å²) in [6, 6.07) is 8.14. The second kappa shape index (κ2) is 6.58. The van der Waals surface area contributed by atoms with Crippen LogP contribution >= 0.6 is 0 Å². The molecule has 0 saturated carbocycles. The average Bonchev–Trinajstić information content (AvgIpc) is 2.16. The van der Waals surface area contributed by atoms with Crippen molar-refractivity contribution in [3.63, 3.8) is 0 Å². The van der Waals surface area contributed by atoms with Crippen LogP contribution in [-0.2, 0) is 14.6 Å². The molecule has 0 aliphatic rings. The number of hydrogen-bond donors (Lipinski definition) is 0. The fourth-order valence-corrected chi connectivity index (χ4v) is 1.04. The smallest absolute Gasteiger partial charge is 0.362 e. The average molecular weight is 262 g/mol. The molecule has 1 rings (SSSR count). The van der Waals surface area contributed by atoms with Gasteiger partial charge in [-0.25, -0.2) is 4.18 Å². The van der Waals surface area contributed by atoms with Gasteiger partial charge in [-0.3, -0.25) is 0 Å². The van der Waals surface area contributed by atoms with Crippen molar-refractivity contribution in [3.8, 4) is 5.75 Å². The predicted octanol–water partition coefficient (Wildman–Crippen LogP) is 1.28. The summed E-state index contributed by atoms with van der Waals surface area (Å²) in [5.41, 5.74) is 0. The monoisotopic (exact) mass is 262 g/mol. The topological polar surface area (TPSA) is 52.6 Å². The zero-order valence-electron chi connectivity index (χ0n) is 10.9. The zero-order valence-corrected chi connectivity index (χ0v) is 11.7. The molecule has 17 heavy (non-hydrogen) atoms. The third-order valence-electron chi connectivity index (χ3n) is 1.15. The molecule has 0 spiro atoms. The molecule has 0 fully saturated rings. The van der Waals surface area contributed by atoms with Crippen LogP contribution in [0.4, 0.5) is 0 Å². The molecule has 0 aromatic heterocycles. The van der Waals surface area contributed by atoms with Crippen LogP contribution in [0.5, 0.6) is 5.75 Å². The minimum Gasteiger partial charge on any atom is -0.362 e. The maximum absolute atomic E-state index is 10.7. The third kappa shape index (κ3) is 11.2. The lowest BCUT2D eigenvalue weighted by Gasteiger charge is -2.14. The lowest BCUT2D eigenvalue weighted by Crippen LogP contribution is -2.27. The molecule has 98 valence electrons. The molecule has 0 atom stereocenters. The molecule has 0 saturated heterocycles. The van der Waals surface area contributed by atoms with E-state index >= 15 is 0 Å². The van der Waals surface area contributed by atoms with Crippen molar-refractivity contribution in [3.05, 3.63) is 30.3 Å². The van der Waals surface area contributed by atoms with Crippen LogP contribution in [0.3, 0.4) is 0 Å². The summed E-state index contributed by atoms with van der Waals surface area (Å²) in [6.45, 7) is 0. The Morgan fingerprint density at radius 1 is 1.00 bits per heavy atom. The van der Waals surface area contributed by atoms with Crippen LogP contribution in [0.25, 0.3) is 0 Å². The highest BCUT2D eigenvalue weighted by molar-refractivity contribution is 7.82. The Hall–Kier alpha value is -1.11. The number of para-hydroxylation sites is 1. The Labute approximate surface area is 104 Å². The quantitative estimate of drug-likeness (QED) is 0.770. The molecule has 6 heteroatoms. The Balaban J connectivity index is 0.000000437. The van der Waals surface area contributed by atoms with Crippen LogP contribution < -0.4 is 4.18 Å². The number of hydrogen-bond acceptors (Lipinski definition) is 4. The Morgan fingerprint density at radius 2 is 1.41 bits per heavy atom. The lowest BCUT2D eigenvalue weighted by molar-refractivity contribution is -0.849. The summed E-state index contributed by atoms with van der Waals surface area (Å²) in [5.74, 6) is 0.236. The molecule has 0 bridgehead atoms. The molecule has 0 N–H and O–H groups in total. The molecule has 0 aliphatic heterocycles. The van der Waals surface area contributed by atoms with Gasteiger partial charge in [-0.05, 0) is 12.1 Å². The van der Waals surface area contributed by atoms with Crippen LogP contribution in [0.15, 0.2) is 30.3 Å². The maximum Gasteiger partial charge on any atom is 0.448 e. The number of rotatable bonds is 3. The summed E-state index contributed by atoms with van der Waals surface area (Å²) < 4.78 is 31.0. The fourth-order valence-electron chi connectivity index (χ4n) is 0.628. The van der Waals surface area contributed by atoms with Crippen molar-refractivity contribution in [2.75, 3.05) is 35.3 Å². The van der Waals surface area contributed by atoms with E-state index in [-0.39, 0.29) is 5.75 Å². The second-order valence-corrected chi connectivity index (χ2v) is 5.97. The summed E-state index contributed by atoms with van der Waals surface area (Å²) in [5, 5.41) is 0. The third-order valence-corrected chi connectivity index (χ3v) is 1.95. The summed E-state index contributed by atoms with van der Waals surface area (Å²) in [7, 11) is 5.67. The standard InChI is InChI=1S/C7H8O4S.C4H12N/c1-10-12(8,9)11-7-5-3-2-4-6-7;1-5(2,3)4/h2-6H,1H3;1-4H3/q;+1. The van der Waals surface area contributed by atoms with Crippen LogP contribution in [0, 0.1) is 0 Å². The van der Waals surface area contributed by atoms with E-state index in [0.29, 0.717) is 0 Å². The van der Waals surface area contributed by atoms with Crippen LogP contribution in [-0.4, -0.2) is 48.2 Å². The minimum absolute atomic E-state index is 0.236. The van der Waals surface area contributed by atoms with Crippen LogP contribution in [0.1, 0.15) is 0 Å². The lowest BCUT2D eigenvalue weighted by atomic mass is 10.3. The summed E-state index contributed by atoms with van der Waals surface area (Å²) in [6.07, 6.45) is 0. The van der Waals surface area contributed by atoms with E-state index in [1.54, 1.807) is 18.2 Å². The van der Waals surface area contributed by atoms with Gasteiger partial charge in [0.05, 0.1) is 35.3 Å². The van der Waals surface area contributed by atoms with Gasteiger partial charge in [0.2, 0.25) is 0 Å². The van der Waals surface area contributed by atoms with Gasteiger partial charge < -0.3 is 8.67 Å².